The van der Waals surface area contributed by atoms with Crippen LogP contribution in [0.5, 0.6) is 5.75 Å². The summed E-state index contributed by atoms with van der Waals surface area (Å²) in [5.41, 5.74) is 0.585. The molecule has 0 unspecified atom stereocenters. The largest absolute Gasteiger partial charge is 0.482 e. The van der Waals surface area contributed by atoms with Gasteiger partial charge in [-0.15, -0.1) is 11.3 Å². The number of hydrogen-bond donors (Lipinski definition) is 2. The van der Waals surface area contributed by atoms with Gasteiger partial charge in [0.2, 0.25) is 0 Å². The molecule has 2 N–H and O–H groups in total. The summed E-state index contributed by atoms with van der Waals surface area (Å²) >= 11 is 6.96. The van der Waals surface area contributed by atoms with Crippen LogP contribution in [0.15, 0.2) is 36.4 Å². The van der Waals surface area contributed by atoms with Crippen molar-refractivity contribution in [2.24, 2.45) is 0 Å². The molecule has 20 heavy (non-hydrogen) atoms. The van der Waals surface area contributed by atoms with Crippen molar-refractivity contribution in [2.75, 3.05) is 11.9 Å². The third-order valence-electron chi connectivity index (χ3n) is 2.27. The molecule has 0 saturated carbocycles. The Labute approximate surface area is 123 Å². The lowest BCUT2D eigenvalue weighted by Gasteiger charge is -2.06. The summed E-state index contributed by atoms with van der Waals surface area (Å²) in [5.74, 6) is -0.873. The predicted molar refractivity (Wildman–Crippen MR) is 76.9 cm³/mol. The highest BCUT2D eigenvalue weighted by atomic mass is 35.5. The van der Waals surface area contributed by atoms with E-state index in [1.54, 1.807) is 36.4 Å². The maximum Gasteiger partial charge on any atom is 0.341 e. The van der Waals surface area contributed by atoms with Crippen LogP contribution in [0.25, 0.3) is 0 Å². The van der Waals surface area contributed by atoms with Crippen LogP contribution in [0, 0.1) is 0 Å². The molecule has 0 aliphatic carbocycles. The minimum absolute atomic E-state index is 0.249. The first-order chi connectivity index (χ1) is 9.54. The summed E-state index contributed by atoms with van der Waals surface area (Å²) in [7, 11) is 0. The van der Waals surface area contributed by atoms with Crippen molar-refractivity contribution in [1.29, 1.82) is 0 Å². The van der Waals surface area contributed by atoms with E-state index in [2.05, 4.69) is 5.32 Å². The van der Waals surface area contributed by atoms with Crippen LogP contribution >= 0.6 is 22.9 Å². The molecule has 0 bridgehead atoms. The molecule has 0 aliphatic rings. The van der Waals surface area contributed by atoms with Gasteiger partial charge in [0.25, 0.3) is 5.91 Å². The molecule has 0 aliphatic heterocycles. The Morgan fingerprint density at radius 1 is 1.20 bits per heavy atom. The van der Waals surface area contributed by atoms with Gasteiger partial charge in [0.15, 0.2) is 6.61 Å². The number of rotatable bonds is 5. The predicted octanol–water partition coefficient (Wildman–Crippen LogP) is 3.12. The number of amides is 1. The van der Waals surface area contributed by atoms with E-state index < -0.39 is 12.6 Å². The van der Waals surface area contributed by atoms with Crippen LogP contribution in [0.4, 0.5) is 5.69 Å². The first-order valence-electron chi connectivity index (χ1n) is 5.56. The van der Waals surface area contributed by atoms with E-state index in [0.717, 1.165) is 0 Å². The molecular weight excluding hydrogens is 302 g/mol. The molecule has 0 spiro atoms. The minimum Gasteiger partial charge on any atom is -0.482 e. The number of carbonyl (C=O) groups excluding carboxylic acids is 1. The van der Waals surface area contributed by atoms with E-state index in [1.165, 1.54) is 11.3 Å². The number of thiophene rings is 1. The standard InChI is InChI=1S/C13H10ClNO4S/c14-11-6-5-10(20-11)13(18)15-8-1-3-9(4-2-8)19-7-12(16)17/h1-6H,7H2,(H,15,18)(H,16,17). The molecular formula is C13H10ClNO4S. The fourth-order valence-corrected chi connectivity index (χ4v) is 2.35. The summed E-state index contributed by atoms with van der Waals surface area (Å²) in [6, 6.07) is 9.73. The van der Waals surface area contributed by atoms with Crippen molar-refractivity contribution in [1.82, 2.24) is 0 Å². The van der Waals surface area contributed by atoms with Crippen molar-refractivity contribution < 1.29 is 19.4 Å². The topological polar surface area (TPSA) is 75.6 Å². The number of benzene rings is 1. The van der Waals surface area contributed by atoms with Crippen molar-refractivity contribution in [2.45, 2.75) is 0 Å². The fourth-order valence-electron chi connectivity index (χ4n) is 1.41. The van der Waals surface area contributed by atoms with Gasteiger partial charge in [-0.2, -0.15) is 0 Å². The van der Waals surface area contributed by atoms with Crippen molar-refractivity contribution >= 4 is 40.5 Å². The van der Waals surface area contributed by atoms with Crippen LogP contribution in [0.2, 0.25) is 4.34 Å². The second kappa shape index (κ2) is 6.40. The van der Waals surface area contributed by atoms with E-state index in [-0.39, 0.29) is 5.91 Å². The molecule has 2 rings (SSSR count). The molecule has 0 fully saturated rings. The number of carboxylic acids is 1. The van der Waals surface area contributed by atoms with Crippen LogP contribution in [-0.4, -0.2) is 23.6 Å². The average Bonchev–Trinajstić information content (AvgIpc) is 2.85. The first-order valence-corrected chi connectivity index (χ1v) is 6.75. The molecule has 1 heterocycles. The smallest absolute Gasteiger partial charge is 0.341 e. The molecule has 0 saturated heterocycles. The van der Waals surface area contributed by atoms with E-state index >= 15 is 0 Å². The average molecular weight is 312 g/mol. The number of carbonyl (C=O) groups is 2. The Hall–Kier alpha value is -2.05. The lowest BCUT2D eigenvalue weighted by molar-refractivity contribution is -0.139. The van der Waals surface area contributed by atoms with Crippen molar-refractivity contribution in [3.05, 3.63) is 45.6 Å². The maximum absolute atomic E-state index is 11.9. The number of nitrogens with one attached hydrogen (secondary N) is 1. The van der Waals surface area contributed by atoms with Gasteiger partial charge in [-0.05, 0) is 36.4 Å². The van der Waals surface area contributed by atoms with Crippen molar-refractivity contribution in [3.8, 4) is 5.75 Å². The zero-order valence-electron chi connectivity index (χ0n) is 10.1. The van der Waals surface area contributed by atoms with Gasteiger partial charge in [0.1, 0.15) is 5.75 Å². The Kier molecular flexibility index (Phi) is 4.60. The second-order valence-electron chi connectivity index (χ2n) is 3.76. The van der Waals surface area contributed by atoms with Crippen LogP contribution in [0.3, 0.4) is 0 Å². The maximum atomic E-state index is 11.9. The Morgan fingerprint density at radius 2 is 1.90 bits per heavy atom. The number of halogens is 1. The minimum atomic E-state index is -1.04. The van der Waals surface area contributed by atoms with E-state index in [9.17, 15) is 9.59 Å². The number of carboxylic acid groups (broad SMARTS) is 1. The fraction of sp³-hybridized carbons (Fsp3) is 0.0769. The van der Waals surface area contributed by atoms with E-state index in [1.807, 2.05) is 0 Å². The monoisotopic (exact) mass is 311 g/mol. The van der Waals surface area contributed by atoms with Gasteiger partial charge in [-0.3, -0.25) is 4.79 Å². The van der Waals surface area contributed by atoms with Gasteiger partial charge in [-0.1, -0.05) is 11.6 Å². The lowest BCUT2D eigenvalue weighted by Crippen LogP contribution is -2.11. The number of ether oxygens (including phenoxy) is 1. The third-order valence-corrected chi connectivity index (χ3v) is 3.50. The van der Waals surface area contributed by atoms with Crippen LogP contribution < -0.4 is 10.1 Å². The number of anilines is 1. The number of hydrogen-bond acceptors (Lipinski definition) is 4. The van der Waals surface area contributed by atoms with E-state index in [0.29, 0.717) is 20.7 Å². The first kappa shape index (κ1) is 14.4. The quantitative estimate of drug-likeness (QED) is 0.889. The molecule has 1 aromatic carbocycles. The highest BCUT2D eigenvalue weighted by molar-refractivity contribution is 7.18. The summed E-state index contributed by atoms with van der Waals surface area (Å²) in [5, 5.41) is 11.2. The zero-order valence-corrected chi connectivity index (χ0v) is 11.7. The summed E-state index contributed by atoms with van der Waals surface area (Å²) in [4.78, 5) is 22.7. The summed E-state index contributed by atoms with van der Waals surface area (Å²) < 4.78 is 5.54. The van der Waals surface area contributed by atoms with Crippen LogP contribution in [-0.2, 0) is 4.79 Å². The zero-order chi connectivity index (χ0) is 14.5. The third kappa shape index (κ3) is 3.97. The van der Waals surface area contributed by atoms with Crippen molar-refractivity contribution in [3.63, 3.8) is 0 Å². The van der Waals surface area contributed by atoms with Gasteiger partial charge in [0.05, 0.1) is 9.21 Å². The van der Waals surface area contributed by atoms with Gasteiger partial charge >= 0.3 is 5.97 Å². The molecule has 7 heteroatoms. The summed E-state index contributed by atoms with van der Waals surface area (Å²) in [6.07, 6.45) is 0. The van der Waals surface area contributed by atoms with Crippen LogP contribution in [0.1, 0.15) is 9.67 Å². The summed E-state index contributed by atoms with van der Waals surface area (Å²) in [6.45, 7) is -0.403. The molecule has 2 aromatic rings. The highest BCUT2D eigenvalue weighted by Crippen LogP contribution is 2.23. The molecule has 1 amide bonds. The Balaban J connectivity index is 1.96. The highest BCUT2D eigenvalue weighted by Gasteiger charge is 2.09. The van der Waals surface area contributed by atoms with Gasteiger partial charge in [0, 0.05) is 5.69 Å². The Morgan fingerprint density at radius 3 is 2.45 bits per heavy atom. The Bertz CT molecular complexity index is 624. The number of aliphatic carboxylic acids is 1. The molecule has 0 atom stereocenters. The van der Waals surface area contributed by atoms with Gasteiger partial charge in [-0.25, -0.2) is 4.79 Å². The molecule has 0 radical (unpaired) electrons. The molecule has 1 aromatic heterocycles. The van der Waals surface area contributed by atoms with E-state index in [4.69, 9.17) is 21.4 Å². The molecule has 5 nitrogen and oxygen atoms in total. The normalized spacial score (nSPS) is 10.1. The second-order valence-corrected chi connectivity index (χ2v) is 5.48. The van der Waals surface area contributed by atoms with Gasteiger partial charge < -0.3 is 15.2 Å². The lowest BCUT2D eigenvalue weighted by atomic mass is 10.3. The SMILES string of the molecule is O=C(O)COc1ccc(NC(=O)c2ccc(Cl)s2)cc1. The molecule has 104 valence electrons.